The van der Waals surface area contributed by atoms with Crippen LogP contribution in [0.25, 0.3) is 0 Å². The van der Waals surface area contributed by atoms with E-state index in [9.17, 15) is 14.9 Å². The summed E-state index contributed by atoms with van der Waals surface area (Å²) in [5, 5.41) is 21.1. The highest BCUT2D eigenvalue weighted by Crippen LogP contribution is 2.35. The number of hydrogen-bond donors (Lipinski definition) is 2. The highest BCUT2D eigenvalue weighted by atomic mass is 16.3. The second-order valence-electron chi connectivity index (χ2n) is 7.89. The Labute approximate surface area is 171 Å². The number of anilines is 1. The fraction of sp³-hybridized carbons (Fsp3) is 0.619. The monoisotopic (exact) mass is 399 g/mol. The molecule has 2 aliphatic rings. The number of carbonyl (C=O) groups is 2. The lowest BCUT2D eigenvalue weighted by atomic mass is 9.97. The molecule has 8 nitrogen and oxygen atoms in total. The Kier molecular flexibility index (Phi) is 6.70. The minimum atomic E-state index is -0.637. The quantitative estimate of drug-likeness (QED) is 0.558. The fourth-order valence-electron chi connectivity index (χ4n) is 4.12. The summed E-state index contributed by atoms with van der Waals surface area (Å²) in [6, 6.07) is 2.37. The lowest BCUT2D eigenvalue weighted by Crippen LogP contribution is -2.53. The maximum absolute atomic E-state index is 12.3. The first-order chi connectivity index (χ1) is 14.0. The predicted molar refractivity (Wildman–Crippen MR) is 109 cm³/mol. The van der Waals surface area contributed by atoms with Gasteiger partial charge in [-0.3, -0.25) is 9.59 Å². The van der Waals surface area contributed by atoms with E-state index in [1.165, 1.54) is 10.5 Å². The van der Waals surface area contributed by atoms with Crippen molar-refractivity contribution in [3.63, 3.8) is 0 Å². The largest absolute Gasteiger partial charge is 0.396 e. The van der Waals surface area contributed by atoms with Crippen LogP contribution in [0.1, 0.15) is 55.0 Å². The van der Waals surface area contributed by atoms with Gasteiger partial charge in [-0.1, -0.05) is 13.8 Å². The van der Waals surface area contributed by atoms with Crippen molar-refractivity contribution in [2.75, 3.05) is 44.2 Å². The molecule has 1 aromatic rings. The average molecular weight is 399 g/mol. The molecule has 3 rings (SSSR count). The van der Waals surface area contributed by atoms with Crippen molar-refractivity contribution in [1.82, 2.24) is 15.2 Å². The third-order valence-corrected chi connectivity index (χ3v) is 5.62. The SMILES string of the molecule is CC(C)c1nc(N2CCN(C(=O)C(=O)NCCCO)CC2)c(C#N)c2c1CCC2. The Balaban J connectivity index is 1.73. The van der Waals surface area contributed by atoms with E-state index in [0.717, 1.165) is 36.3 Å². The first-order valence-electron chi connectivity index (χ1n) is 10.4. The van der Waals surface area contributed by atoms with Gasteiger partial charge in [0.25, 0.3) is 0 Å². The molecule has 1 fully saturated rings. The number of nitriles is 1. The van der Waals surface area contributed by atoms with Crippen LogP contribution in [0.15, 0.2) is 0 Å². The van der Waals surface area contributed by atoms with E-state index in [1.807, 2.05) is 0 Å². The van der Waals surface area contributed by atoms with E-state index < -0.39 is 11.8 Å². The second-order valence-corrected chi connectivity index (χ2v) is 7.89. The first kappa shape index (κ1) is 21.1. The number of hydrogen-bond acceptors (Lipinski definition) is 6. The molecule has 0 atom stereocenters. The molecule has 1 aromatic heterocycles. The molecule has 8 heteroatoms. The van der Waals surface area contributed by atoms with Crippen LogP contribution in [0.3, 0.4) is 0 Å². The minimum absolute atomic E-state index is 0.0273. The summed E-state index contributed by atoms with van der Waals surface area (Å²) in [6.45, 7) is 6.40. The number of carbonyl (C=O) groups excluding carboxylic acids is 2. The minimum Gasteiger partial charge on any atom is -0.396 e. The van der Waals surface area contributed by atoms with Crippen molar-refractivity contribution in [3.05, 3.63) is 22.4 Å². The highest BCUT2D eigenvalue weighted by molar-refractivity contribution is 6.35. The van der Waals surface area contributed by atoms with Crippen LogP contribution in [-0.4, -0.2) is 66.1 Å². The summed E-state index contributed by atoms with van der Waals surface area (Å²) in [5.74, 6) is -0.176. The van der Waals surface area contributed by atoms with Crippen molar-refractivity contribution in [3.8, 4) is 6.07 Å². The molecule has 2 amide bonds. The van der Waals surface area contributed by atoms with Crippen LogP contribution in [0.2, 0.25) is 0 Å². The van der Waals surface area contributed by atoms with E-state index in [1.54, 1.807) is 0 Å². The standard InChI is InChI=1S/C21H29N5O3/c1-14(2)18-16-6-3-5-15(16)17(13-22)19(24-18)25-8-10-26(11-9-25)21(29)20(28)23-7-4-12-27/h14,27H,3-12H2,1-2H3,(H,23,28). The van der Waals surface area contributed by atoms with Crippen molar-refractivity contribution in [1.29, 1.82) is 5.26 Å². The molecule has 156 valence electrons. The topological polar surface area (TPSA) is 110 Å². The summed E-state index contributed by atoms with van der Waals surface area (Å²) in [6.07, 6.45) is 3.38. The number of amides is 2. The summed E-state index contributed by atoms with van der Waals surface area (Å²) in [5.41, 5.74) is 4.13. The van der Waals surface area contributed by atoms with E-state index in [2.05, 4.69) is 30.1 Å². The summed E-state index contributed by atoms with van der Waals surface area (Å²) < 4.78 is 0. The smallest absolute Gasteiger partial charge is 0.312 e. The number of rotatable bonds is 5. The molecule has 0 aromatic carbocycles. The van der Waals surface area contributed by atoms with E-state index >= 15 is 0 Å². The summed E-state index contributed by atoms with van der Waals surface area (Å²) >= 11 is 0. The van der Waals surface area contributed by atoms with Crippen LogP contribution >= 0.6 is 0 Å². The van der Waals surface area contributed by atoms with Gasteiger partial charge in [0.1, 0.15) is 11.9 Å². The molecule has 29 heavy (non-hydrogen) atoms. The Morgan fingerprint density at radius 2 is 1.90 bits per heavy atom. The van der Waals surface area contributed by atoms with Gasteiger partial charge in [0.15, 0.2) is 0 Å². The zero-order chi connectivity index (χ0) is 21.0. The Morgan fingerprint density at radius 1 is 1.21 bits per heavy atom. The van der Waals surface area contributed by atoms with Gasteiger partial charge in [0.2, 0.25) is 0 Å². The lowest BCUT2D eigenvalue weighted by molar-refractivity contribution is -0.146. The van der Waals surface area contributed by atoms with Gasteiger partial charge >= 0.3 is 11.8 Å². The Hall–Kier alpha value is -2.66. The van der Waals surface area contributed by atoms with Gasteiger partial charge in [0, 0.05) is 45.0 Å². The van der Waals surface area contributed by atoms with Crippen molar-refractivity contribution in [2.24, 2.45) is 0 Å². The fourth-order valence-corrected chi connectivity index (χ4v) is 4.12. The number of aliphatic hydroxyl groups excluding tert-OH is 1. The van der Waals surface area contributed by atoms with Crippen LogP contribution in [-0.2, 0) is 22.4 Å². The van der Waals surface area contributed by atoms with Crippen LogP contribution in [0.5, 0.6) is 0 Å². The Morgan fingerprint density at radius 3 is 2.52 bits per heavy atom. The second kappa shape index (κ2) is 9.23. The number of nitrogens with zero attached hydrogens (tertiary/aromatic N) is 4. The molecule has 1 saturated heterocycles. The maximum Gasteiger partial charge on any atom is 0.312 e. The first-order valence-corrected chi connectivity index (χ1v) is 10.4. The summed E-state index contributed by atoms with van der Waals surface area (Å²) in [7, 11) is 0. The normalized spacial score (nSPS) is 16.0. The maximum atomic E-state index is 12.3. The van der Waals surface area contributed by atoms with Crippen molar-refractivity contribution < 1.29 is 14.7 Å². The van der Waals surface area contributed by atoms with Gasteiger partial charge in [-0.25, -0.2) is 4.98 Å². The number of aliphatic hydroxyl groups is 1. The van der Waals surface area contributed by atoms with Gasteiger partial charge < -0.3 is 20.2 Å². The van der Waals surface area contributed by atoms with Gasteiger partial charge in [-0.2, -0.15) is 5.26 Å². The zero-order valence-corrected chi connectivity index (χ0v) is 17.2. The molecule has 0 spiro atoms. The van der Waals surface area contributed by atoms with Crippen LogP contribution in [0.4, 0.5) is 5.82 Å². The molecule has 0 radical (unpaired) electrons. The molecule has 0 saturated carbocycles. The molecule has 2 N–H and O–H groups in total. The van der Waals surface area contributed by atoms with E-state index in [0.29, 0.717) is 44.1 Å². The Bertz CT molecular complexity index is 823. The average Bonchev–Trinajstić information content (AvgIpc) is 3.21. The van der Waals surface area contributed by atoms with Crippen molar-refractivity contribution >= 4 is 17.6 Å². The molecule has 0 unspecified atom stereocenters. The third kappa shape index (κ3) is 4.35. The van der Waals surface area contributed by atoms with E-state index in [4.69, 9.17) is 10.1 Å². The molecule has 1 aliphatic carbocycles. The van der Waals surface area contributed by atoms with Gasteiger partial charge in [-0.05, 0) is 42.7 Å². The van der Waals surface area contributed by atoms with Gasteiger partial charge in [0.05, 0.1) is 5.56 Å². The van der Waals surface area contributed by atoms with Crippen molar-refractivity contribution in [2.45, 2.75) is 45.4 Å². The number of fused-ring (bicyclic) bond motifs is 1. The lowest BCUT2D eigenvalue weighted by Gasteiger charge is -2.36. The molecule has 2 heterocycles. The number of aromatic nitrogens is 1. The third-order valence-electron chi connectivity index (χ3n) is 5.62. The van der Waals surface area contributed by atoms with Gasteiger partial charge in [-0.15, -0.1) is 0 Å². The number of pyridine rings is 1. The number of nitrogens with one attached hydrogen (secondary N) is 1. The predicted octanol–water partition coefficient (Wildman–Crippen LogP) is 0.713. The molecule has 0 bridgehead atoms. The molecule has 1 aliphatic heterocycles. The zero-order valence-electron chi connectivity index (χ0n) is 17.2. The van der Waals surface area contributed by atoms with E-state index in [-0.39, 0.29) is 13.2 Å². The van der Waals surface area contributed by atoms with Crippen LogP contribution in [0, 0.1) is 11.3 Å². The summed E-state index contributed by atoms with van der Waals surface area (Å²) in [4.78, 5) is 32.8. The highest BCUT2D eigenvalue weighted by Gasteiger charge is 2.30. The van der Waals surface area contributed by atoms with Crippen LogP contribution < -0.4 is 10.2 Å². The molecular weight excluding hydrogens is 370 g/mol. The molecular formula is C21H29N5O3. The number of piperazine rings is 1.